The Kier molecular flexibility index (Phi) is 9.67. The van der Waals surface area contributed by atoms with Crippen LogP contribution in [0.4, 0.5) is 5.69 Å². The lowest BCUT2D eigenvalue weighted by Gasteiger charge is -2.32. The first-order chi connectivity index (χ1) is 17.5. The van der Waals surface area contributed by atoms with Gasteiger partial charge in [-0.1, -0.05) is 36.6 Å². The number of amides is 2. The molecule has 1 aliphatic rings. The van der Waals surface area contributed by atoms with Crippen LogP contribution in [-0.4, -0.2) is 64.2 Å². The summed E-state index contributed by atoms with van der Waals surface area (Å²) in [7, 11) is -1.01. The van der Waals surface area contributed by atoms with Crippen LogP contribution in [0.5, 0.6) is 11.5 Å². The van der Waals surface area contributed by atoms with Crippen molar-refractivity contribution in [3.05, 3.63) is 53.1 Å². The van der Waals surface area contributed by atoms with E-state index in [2.05, 4.69) is 5.32 Å². The number of ether oxygens (including phenoxy) is 2. The van der Waals surface area contributed by atoms with E-state index in [1.807, 2.05) is 0 Å². The quantitative estimate of drug-likeness (QED) is 0.457. The monoisotopic (exact) mass is 551 g/mol. The fraction of sp³-hybridized carbons (Fsp3) is 0.462. The van der Waals surface area contributed by atoms with Crippen LogP contribution in [-0.2, 0) is 26.2 Å². The van der Waals surface area contributed by atoms with Crippen LogP contribution in [0, 0.1) is 0 Å². The topological polar surface area (TPSA) is 105 Å². The highest BCUT2D eigenvalue weighted by molar-refractivity contribution is 7.92. The minimum absolute atomic E-state index is 0.0779. The van der Waals surface area contributed by atoms with Gasteiger partial charge >= 0.3 is 0 Å². The van der Waals surface area contributed by atoms with Gasteiger partial charge in [0.05, 0.1) is 26.2 Å². The Morgan fingerprint density at radius 2 is 1.81 bits per heavy atom. The van der Waals surface area contributed by atoms with E-state index in [0.29, 0.717) is 16.3 Å². The van der Waals surface area contributed by atoms with Crippen molar-refractivity contribution >= 4 is 39.1 Å². The largest absolute Gasteiger partial charge is 0.497 e. The van der Waals surface area contributed by atoms with Crippen LogP contribution in [0.3, 0.4) is 0 Å². The lowest BCUT2D eigenvalue weighted by molar-refractivity contribution is -0.139. The summed E-state index contributed by atoms with van der Waals surface area (Å²) in [5, 5.41) is 3.53. The molecule has 1 aliphatic carbocycles. The first kappa shape index (κ1) is 28.6. The highest BCUT2D eigenvalue weighted by Gasteiger charge is 2.32. The number of rotatable bonds is 11. The number of halogens is 1. The second-order valence-electron chi connectivity index (χ2n) is 9.12. The summed E-state index contributed by atoms with van der Waals surface area (Å²) in [4.78, 5) is 28.2. The summed E-state index contributed by atoms with van der Waals surface area (Å²) < 4.78 is 37.2. The number of hydrogen-bond donors (Lipinski definition) is 1. The Morgan fingerprint density at radius 1 is 1.11 bits per heavy atom. The molecule has 0 unspecified atom stereocenters. The van der Waals surface area contributed by atoms with Gasteiger partial charge in [0.25, 0.3) is 0 Å². The van der Waals surface area contributed by atoms with Gasteiger partial charge in [0.2, 0.25) is 21.8 Å². The Hall–Kier alpha value is -2.98. The van der Waals surface area contributed by atoms with Gasteiger partial charge in [0.1, 0.15) is 24.1 Å². The number of anilines is 1. The Morgan fingerprint density at radius 3 is 2.41 bits per heavy atom. The summed E-state index contributed by atoms with van der Waals surface area (Å²) in [5.74, 6) is -0.126. The molecule has 0 saturated heterocycles. The molecule has 2 amide bonds. The van der Waals surface area contributed by atoms with Gasteiger partial charge in [-0.2, -0.15) is 0 Å². The average Bonchev–Trinajstić information content (AvgIpc) is 3.37. The highest BCUT2D eigenvalue weighted by atomic mass is 35.5. The average molecular weight is 552 g/mol. The van der Waals surface area contributed by atoms with Crippen molar-refractivity contribution < 1.29 is 27.5 Å². The number of sulfonamides is 1. The second kappa shape index (κ2) is 12.5. The lowest BCUT2D eigenvalue weighted by atomic mass is 10.1. The Balaban J connectivity index is 1.93. The van der Waals surface area contributed by atoms with E-state index >= 15 is 0 Å². The van der Waals surface area contributed by atoms with E-state index in [-0.39, 0.29) is 29.9 Å². The van der Waals surface area contributed by atoms with E-state index in [1.54, 1.807) is 43.3 Å². The molecule has 0 aliphatic heterocycles. The van der Waals surface area contributed by atoms with E-state index in [0.717, 1.165) is 36.2 Å². The number of methoxy groups -OCH3 is 2. The number of carbonyl (C=O) groups is 2. The summed E-state index contributed by atoms with van der Waals surface area (Å²) >= 11 is 6.15. The highest BCUT2D eigenvalue weighted by Crippen LogP contribution is 2.33. The second-order valence-corrected chi connectivity index (χ2v) is 11.5. The minimum atomic E-state index is -3.90. The van der Waals surface area contributed by atoms with Crippen LogP contribution in [0.1, 0.15) is 38.2 Å². The third-order valence-corrected chi connectivity index (χ3v) is 7.81. The fourth-order valence-electron chi connectivity index (χ4n) is 4.39. The first-order valence-electron chi connectivity index (χ1n) is 12.1. The Bertz CT molecular complexity index is 1220. The minimum Gasteiger partial charge on any atom is -0.497 e. The molecule has 2 aromatic carbocycles. The molecule has 1 saturated carbocycles. The van der Waals surface area contributed by atoms with Crippen LogP contribution in [0.2, 0.25) is 5.02 Å². The normalized spacial score (nSPS) is 14.6. The van der Waals surface area contributed by atoms with Crippen LogP contribution < -0.4 is 19.1 Å². The maximum absolute atomic E-state index is 13.7. The Labute approximate surface area is 223 Å². The van der Waals surface area contributed by atoms with E-state index in [4.69, 9.17) is 21.1 Å². The summed E-state index contributed by atoms with van der Waals surface area (Å²) in [5.41, 5.74) is 0.902. The van der Waals surface area contributed by atoms with Crippen molar-refractivity contribution in [2.45, 2.75) is 51.2 Å². The van der Waals surface area contributed by atoms with Gasteiger partial charge in [-0.15, -0.1) is 0 Å². The molecule has 1 N–H and O–H groups in total. The molecule has 0 radical (unpaired) electrons. The molecule has 11 heteroatoms. The van der Waals surface area contributed by atoms with E-state index < -0.39 is 28.5 Å². The molecule has 0 aromatic heterocycles. The van der Waals surface area contributed by atoms with Gasteiger partial charge in [-0.25, -0.2) is 8.42 Å². The summed E-state index contributed by atoms with van der Waals surface area (Å²) in [6.07, 6.45) is 4.93. The van der Waals surface area contributed by atoms with Gasteiger partial charge in [0.15, 0.2) is 0 Å². The standard InChI is InChI=1S/C26H34ClN3O6S/c1-18(26(32)28-21-10-5-6-11-21)29(16-19-8-7-9-20(27)14-19)25(31)17-30(37(4,33)34)23-13-12-22(35-2)15-24(23)36-3/h7-9,12-15,18,21H,5-6,10-11,16-17H2,1-4H3,(H,28,32)/t18-/m1/s1. The lowest BCUT2D eigenvalue weighted by Crippen LogP contribution is -2.52. The number of benzene rings is 2. The zero-order chi connectivity index (χ0) is 27.2. The molecule has 202 valence electrons. The van der Waals surface area contributed by atoms with Crippen molar-refractivity contribution in [3.63, 3.8) is 0 Å². The van der Waals surface area contributed by atoms with Gasteiger partial charge in [-0.3, -0.25) is 13.9 Å². The molecule has 1 fully saturated rings. The molecule has 9 nitrogen and oxygen atoms in total. The zero-order valence-corrected chi connectivity index (χ0v) is 23.1. The van der Waals surface area contributed by atoms with Crippen molar-refractivity contribution in [3.8, 4) is 11.5 Å². The summed E-state index contributed by atoms with van der Waals surface area (Å²) in [6, 6.07) is 10.9. The number of carbonyl (C=O) groups excluding carboxylic acids is 2. The van der Waals surface area contributed by atoms with E-state index in [9.17, 15) is 18.0 Å². The molecule has 0 heterocycles. The van der Waals surface area contributed by atoms with Crippen LogP contribution >= 0.6 is 11.6 Å². The number of nitrogens with zero attached hydrogens (tertiary/aromatic N) is 2. The maximum atomic E-state index is 13.7. The van der Waals surface area contributed by atoms with Gasteiger partial charge < -0.3 is 19.7 Å². The molecular formula is C26H34ClN3O6S. The van der Waals surface area contributed by atoms with Crippen LogP contribution in [0.25, 0.3) is 0 Å². The zero-order valence-electron chi connectivity index (χ0n) is 21.6. The molecule has 37 heavy (non-hydrogen) atoms. The molecule has 3 rings (SSSR count). The van der Waals surface area contributed by atoms with Gasteiger partial charge in [0, 0.05) is 23.7 Å². The van der Waals surface area contributed by atoms with Crippen molar-refractivity contribution in [2.24, 2.45) is 0 Å². The van der Waals surface area contributed by atoms with Gasteiger partial charge in [-0.05, 0) is 49.6 Å². The summed E-state index contributed by atoms with van der Waals surface area (Å²) in [6.45, 7) is 1.20. The predicted octanol–water partition coefficient (Wildman–Crippen LogP) is 3.60. The SMILES string of the molecule is COc1ccc(N(CC(=O)N(Cc2cccc(Cl)c2)[C@H](C)C(=O)NC2CCCC2)S(C)(=O)=O)c(OC)c1. The third kappa shape index (κ3) is 7.52. The molecule has 1 atom stereocenters. The third-order valence-electron chi connectivity index (χ3n) is 6.45. The maximum Gasteiger partial charge on any atom is 0.244 e. The molecule has 0 spiro atoms. The molecule has 2 aromatic rings. The van der Waals surface area contributed by atoms with Crippen molar-refractivity contribution in [1.82, 2.24) is 10.2 Å². The van der Waals surface area contributed by atoms with E-state index in [1.165, 1.54) is 25.2 Å². The number of nitrogens with one attached hydrogen (secondary N) is 1. The molecule has 0 bridgehead atoms. The molecular weight excluding hydrogens is 518 g/mol. The van der Waals surface area contributed by atoms with Crippen LogP contribution in [0.15, 0.2) is 42.5 Å². The fourth-order valence-corrected chi connectivity index (χ4v) is 5.46. The van der Waals surface area contributed by atoms with Crippen molar-refractivity contribution in [1.29, 1.82) is 0 Å². The first-order valence-corrected chi connectivity index (χ1v) is 14.3. The predicted molar refractivity (Wildman–Crippen MR) is 144 cm³/mol. The van der Waals surface area contributed by atoms with Crippen molar-refractivity contribution in [2.75, 3.05) is 31.3 Å². The smallest absolute Gasteiger partial charge is 0.244 e. The number of hydrogen-bond acceptors (Lipinski definition) is 6.